The highest BCUT2D eigenvalue weighted by molar-refractivity contribution is 8.00. The van der Waals surface area contributed by atoms with Gasteiger partial charge in [0, 0.05) is 6.04 Å². The molecule has 0 saturated heterocycles. The standard InChI is InChI=1S/C14H20N4O2S2/c1-6-7(2)15-12(19)9(4)21-14-18-17-13(20-14)11-8(3)16-10(5)22-11/h7,9H,6H2,1-5H3,(H,15,19). The minimum atomic E-state index is -0.286. The van der Waals surface area contributed by atoms with E-state index in [0.717, 1.165) is 22.0 Å². The molecule has 0 spiro atoms. The molecule has 2 aromatic heterocycles. The van der Waals surface area contributed by atoms with E-state index < -0.39 is 0 Å². The van der Waals surface area contributed by atoms with Crippen LogP contribution in [0.1, 0.15) is 37.9 Å². The molecule has 0 aliphatic carbocycles. The molecule has 120 valence electrons. The Morgan fingerprint density at radius 3 is 2.68 bits per heavy atom. The van der Waals surface area contributed by atoms with Crippen molar-refractivity contribution in [2.75, 3.05) is 0 Å². The van der Waals surface area contributed by atoms with Crippen molar-refractivity contribution in [2.24, 2.45) is 0 Å². The van der Waals surface area contributed by atoms with Gasteiger partial charge in [0.1, 0.15) is 4.88 Å². The average Bonchev–Trinajstić information content (AvgIpc) is 3.04. The second kappa shape index (κ2) is 7.23. The molecule has 2 heterocycles. The van der Waals surface area contributed by atoms with Gasteiger partial charge < -0.3 is 9.73 Å². The van der Waals surface area contributed by atoms with Crippen LogP contribution >= 0.6 is 23.1 Å². The normalized spacial score (nSPS) is 13.9. The summed E-state index contributed by atoms with van der Waals surface area (Å²) in [6, 6.07) is 0.164. The van der Waals surface area contributed by atoms with Crippen molar-refractivity contribution < 1.29 is 9.21 Å². The molecular weight excluding hydrogens is 320 g/mol. The lowest BCUT2D eigenvalue weighted by molar-refractivity contribution is -0.120. The molecule has 0 aromatic carbocycles. The van der Waals surface area contributed by atoms with Crippen LogP contribution in [0, 0.1) is 13.8 Å². The van der Waals surface area contributed by atoms with E-state index in [2.05, 4.69) is 20.5 Å². The largest absolute Gasteiger partial charge is 0.410 e. The number of carbonyl (C=O) groups excluding carboxylic acids is 1. The van der Waals surface area contributed by atoms with Crippen molar-refractivity contribution in [1.82, 2.24) is 20.5 Å². The molecule has 1 amide bonds. The van der Waals surface area contributed by atoms with Crippen molar-refractivity contribution in [3.05, 3.63) is 10.7 Å². The summed E-state index contributed by atoms with van der Waals surface area (Å²) in [5.74, 6) is 0.434. The lowest BCUT2D eigenvalue weighted by Gasteiger charge is -2.14. The first-order valence-electron chi connectivity index (χ1n) is 7.15. The molecule has 2 rings (SSSR count). The Morgan fingerprint density at radius 2 is 2.09 bits per heavy atom. The van der Waals surface area contributed by atoms with Gasteiger partial charge in [0.15, 0.2) is 0 Å². The molecule has 2 aromatic rings. The van der Waals surface area contributed by atoms with Crippen LogP contribution in [0.2, 0.25) is 0 Å². The van der Waals surface area contributed by atoms with E-state index in [0.29, 0.717) is 11.1 Å². The lowest BCUT2D eigenvalue weighted by Crippen LogP contribution is -2.37. The Kier molecular flexibility index (Phi) is 5.57. The number of carbonyl (C=O) groups is 1. The highest BCUT2D eigenvalue weighted by Gasteiger charge is 2.21. The molecule has 1 N–H and O–H groups in total. The van der Waals surface area contributed by atoms with Gasteiger partial charge in [-0.25, -0.2) is 4.98 Å². The van der Waals surface area contributed by atoms with Crippen molar-refractivity contribution in [1.29, 1.82) is 0 Å². The fourth-order valence-electron chi connectivity index (χ4n) is 1.75. The van der Waals surface area contributed by atoms with Crippen molar-refractivity contribution in [3.8, 4) is 10.8 Å². The van der Waals surface area contributed by atoms with Crippen LogP contribution in [0.4, 0.5) is 0 Å². The van der Waals surface area contributed by atoms with E-state index in [9.17, 15) is 4.79 Å². The zero-order chi connectivity index (χ0) is 16.3. The maximum absolute atomic E-state index is 12.0. The molecule has 6 nitrogen and oxygen atoms in total. The van der Waals surface area contributed by atoms with E-state index in [1.54, 1.807) is 0 Å². The number of aryl methyl sites for hydroxylation is 2. The average molecular weight is 340 g/mol. The first kappa shape index (κ1) is 17.0. The van der Waals surface area contributed by atoms with E-state index in [1.165, 1.54) is 23.1 Å². The molecular formula is C14H20N4O2S2. The summed E-state index contributed by atoms with van der Waals surface area (Å²) in [4.78, 5) is 17.3. The number of nitrogens with one attached hydrogen (secondary N) is 1. The fourth-order valence-corrected chi connectivity index (χ4v) is 3.28. The van der Waals surface area contributed by atoms with Gasteiger partial charge >= 0.3 is 0 Å². The summed E-state index contributed by atoms with van der Waals surface area (Å²) in [7, 11) is 0. The number of hydrogen-bond donors (Lipinski definition) is 1. The molecule has 0 aliphatic rings. The van der Waals surface area contributed by atoms with Gasteiger partial charge in [0.05, 0.1) is 16.0 Å². The minimum absolute atomic E-state index is 0.0242. The van der Waals surface area contributed by atoms with Gasteiger partial charge in [-0.3, -0.25) is 4.79 Å². The van der Waals surface area contributed by atoms with Crippen molar-refractivity contribution in [2.45, 2.75) is 57.6 Å². The first-order valence-corrected chi connectivity index (χ1v) is 8.85. The predicted octanol–water partition coefficient (Wildman–Crippen LogP) is 3.21. The van der Waals surface area contributed by atoms with Crippen LogP contribution in [0.3, 0.4) is 0 Å². The van der Waals surface area contributed by atoms with Gasteiger partial charge in [-0.15, -0.1) is 21.5 Å². The van der Waals surface area contributed by atoms with Crippen molar-refractivity contribution in [3.63, 3.8) is 0 Å². The van der Waals surface area contributed by atoms with Crippen molar-refractivity contribution >= 4 is 29.0 Å². The third kappa shape index (κ3) is 4.07. The molecule has 8 heteroatoms. The molecule has 2 unspecified atom stereocenters. The van der Waals surface area contributed by atoms with Crippen LogP contribution in [0.5, 0.6) is 0 Å². The topological polar surface area (TPSA) is 80.9 Å². The van der Waals surface area contributed by atoms with Crippen LogP contribution in [0.25, 0.3) is 10.8 Å². The zero-order valence-corrected chi connectivity index (χ0v) is 15.0. The number of thiazole rings is 1. The molecule has 0 fully saturated rings. The quantitative estimate of drug-likeness (QED) is 0.813. The Bertz CT molecular complexity index is 653. The maximum atomic E-state index is 12.0. The third-order valence-corrected chi connectivity index (χ3v) is 5.15. The fraction of sp³-hybridized carbons (Fsp3) is 0.571. The number of amides is 1. The van der Waals surface area contributed by atoms with E-state index in [1.807, 2.05) is 34.6 Å². The monoisotopic (exact) mass is 340 g/mol. The highest BCUT2D eigenvalue weighted by atomic mass is 32.2. The van der Waals surface area contributed by atoms with E-state index in [4.69, 9.17) is 4.42 Å². The Morgan fingerprint density at radius 1 is 1.36 bits per heavy atom. The van der Waals surface area contributed by atoms with Crippen LogP contribution < -0.4 is 5.32 Å². The Hall–Kier alpha value is -1.41. The van der Waals surface area contributed by atoms with E-state index >= 15 is 0 Å². The minimum Gasteiger partial charge on any atom is -0.410 e. The Balaban J connectivity index is 2.03. The SMILES string of the molecule is CCC(C)NC(=O)C(C)Sc1nnc(-c2sc(C)nc2C)o1. The summed E-state index contributed by atoms with van der Waals surface area (Å²) in [6.07, 6.45) is 0.901. The predicted molar refractivity (Wildman–Crippen MR) is 88.1 cm³/mol. The second-order valence-electron chi connectivity index (χ2n) is 5.10. The smallest absolute Gasteiger partial charge is 0.277 e. The van der Waals surface area contributed by atoms with Crippen LogP contribution in [-0.2, 0) is 4.79 Å². The second-order valence-corrected chi connectivity index (χ2v) is 7.59. The zero-order valence-electron chi connectivity index (χ0n) is 13.3. The summed E-state index contributed by atoms with van der Waals surface area (Å²) in [5, 5.41) is 12.1. The van der Waals surface area contributed by atoms with Gasteiger partial charge in [-0.1, -0.05) is 18.7 Å². The van der Waals surface area contributed by atoms with Gasteiger partial charge in [0.2, 0.25) is 5.91 Å². The molecule has 0 aliphatic heterocycles. The maximum Gasteiger partial charge on any atom is 0.277 e. The van der Waals surface area contributed by atoms with E-state index in [-0.39, 0.29) is 17.2 Å². The van der Waals surface area contributed by atoms with Gasteiger partial charge in [0.25, 0.3) is 11.1 Å². The van der Waals surface area contributed by atoms with Gasteiger partial charge in [-0.2, -0.15) is 0 Å². The van der Waals surface area contributed by atoms with Crippen LogP contribution in [0.15, 0.2) is 9.64 Å². The molecule has 0 radical (unpaired) electrons. The summed E-state index contributed by atoms with van der Waals surface area (Å²) < 4.78 is 5.65. The Labute approximate surface area is 138 Å². The third-order valence-electron chi connectivity index (χ3n) is 3.15. The lowest BCUT2D eigenvalue weighted by atomic mass is 10.2. The number of hydrogen-bond acceptors (Lipinski definition) is 7. The highest BCUT2D eigenvalue weighted by Crippen LogP contribution is 2.31. The molecule has 2 atom stereocenters. The number of nitrogens with zero attached hydrogens (tertiary/aromatic N) is 3. The summed E-state index contributed by atoms with van der Waals surface area (Å²) >= 11 is 2.79. The molecule has 22 heavy (non-hydrogen) atoms. The number of thioether (sulfide) groups is 1. The van der Waals surface area contributed by atoms with Gasteiger partial charge in [-0.05, 0) is 34.1 Å². The molecule has 0 saturated carbocycles. The number of aromatic nitrogens is 3. The van der Waals surface area contributed by atoms with Crippen LogP contribution in [-0.4, -0.2) is 32.4 Å². The molecule has 0 bridgehead atoms. The first-order chi connectivity index (χ1) is 10.4. The number of rotatable bonds is 6. The summed E-state index contributed by atoms with van der Waals surface area (Å²) in [6.45, 7) is 9.70. The summed E-state index contributed by atoms with van der Waals surface area (Å²) in [5.41, 5.74) is 0.880.